The van der Waals surface area contributed by atoms with Gasteiger partial charge < -0.3 is 16.5 Å². The molecule has 1 aromatic rings. The predicted octanol–water partition coefficient (Wildman–Crippen LogP) is -1.60. The number of thioether (sulfide) groups is 1. The number of carbonyl (C=O) groups is 2. The molecule has 0 atom stereocenters. The molecule has 0 aliphatic heterocycles. The van der Waals surface area contributed by atoms with Crippen LogP contribution >= 0.6 is 11.8 Å². The monoisotopic (exact) mass is 314 g/mol. The molecular formula is C11H18N6O3S. The molecule has 0 saturated carbocycles. The van der Waals surface area contributed by atoms with Crippen molar-refractivity contribution in [2.45, 2.75) is 25.4 Å². The van der Waals surface area contributed by atoms with Crippen molar-refractivity contribution < 1.29 is 9.59 Å². The molecule has 0 bridgehead atoms. The van der Waals surface area contributed by atoms with Crippen LogP contribution in [0.4, 0.5) is 0 Å². The highest BCUT2D eigenvalue weighted by atomic mass is 32.2. The van der Waals surface area contributed by atoms with Gasteiger partial charge in [-0.1, -0.05) is 18.7 Å². The molecular weight excluding hydrogens is 296 g/mol. The van der Waals surface area contributed by atoms with Gasteiger partial charge in [0.2, 0.25) is 17.0 Å². The fourth-order valence-electron chi connectivity index (χ4n) is 1.26. The summed E-state index contributed by atoms with van der Waals surface area (Å²) in [5.41, 5.74) is -0.286. The van der Waals surface area contributed by atoms with E-state index >= 15 is 0 Å². The Kier molecular flexibility index (Phi) is 6.66. The lowest BCUT2D eigenvalue weighted by molar-refractivity contribution is -0.124. The number of aromatic nitrogens is 3. The molecule has 0 unspecified atom stereocenters. The van der Waals surface area contributed by atoms with Gasteiger partial charge in [-0.2, -0.15) is 4.68 Å². The summed E-state index contributed by atoms with van der Waals surface area (Å²) in [6, 6.07) is 0. The first-order valence-electron chi connectivity index (χ1n) is 6.33. The van der Waals surface area contributed by atoms with Gasteiger partial charge in [-0.05, 0) is 13.3 Å². The Morgan fingerprint density at radius 3 is 2.67 bits per heavy atom. The number of amides is 2. The number of hydrogen-bond acceptors (Lipinski definition) is 7. The largest absolute Gasteiger partial charge is 0.355 e. The van der Waals surface area contributed by atoms with E-state index in [4.69, 9.17) is 5.84 Å². The fraction of sp³-hybridized carbons (Fsp3) is 0.545. The molecule has 1 aromatic heterocycles. The maximum absolute atomic E-state index is 11.6. The molecule has 9 nitrogen and oxygen atoms in total. The number of nitrogens with two attached hydrogens (primary N) is 1. The van der Waals surface area contributed by atoms with Crippen LogP contribution in [0.3, 0.4) is 0 Å². The minimum absolute atomic E-state index is 0.0184. The lowest BCUT2D eigenvalue weighted by atomic mass is 10.4. The normalized spacial score (nSPS) is 10.2. The molecule has 0 aromatic carbocycles. The first-order valence-corrected chi connectivity index (χ1v) is 7.31. The predicted molar refractivity (Wildman–Crippen MR) is 78.2 cm³/mol. The molecule has 0 fully saturated rings. The number of nitrogens with one attached hydrogen (secondary N) is 2. The number of hydrogen-bond donors (Lipinski definition) is 3. The van der Waals surface area contributed by atoms with Gasteiger partial charge in [0.1, 0.15) is 5.69 Å². The third-order valence-corrected chi connectivity index (χ3v) is 3.31. The molecule has 4 N–H and O–H groups in total. The average molecular weight is 314 g/mol. The quantitative estimate of drug-likeness (QED) is 0.407. The van der Waals surface area contributed by atoms with Crippen molar-refractivity contribution in [3.05, 3.63) is 16.0 Å². The van der Waals surface area contributed by atoms with Crippen molar-refractivity contribution in [2.75, 3.05) is 24.7 Å². The van der Waals surface area contributed by atoms with Crippen LogP contribution in [-0.4, -0.2) is 45.5 Å². The second-order valence-corrected chi connectivity index (χ2v) is 5.10. The summed E-state index contributed by atoms with van der Waals surface area (Å²) in [6.45, 7) is 3.91. The Balaban J connectivity index is 2.42. The first-order chi connectivity index (χ1) is 9.95. The summed E-state index contributed by atoms with van der Waals surface area (Å²) >= 11 is 0.968. The van der Waals surface area contributed by atoms with E-state index in [2.05, 4.69) is 20.8 Å². The summed E-state index contributed by atoms with van der Waals surface area (Å²) in [5, 5.41) is 12.6. The number of nitrogen functional groups attached to an aromatic ring is 1. The lowest BCUT2D eigenvalue weighted by Gasteiger charge is -2.07. The Morgan fingerprint density at radius 2 is 2.00 bits per heavy atom. The molecule has 21 heavy (non-hydrogen) atoms. The summed E-state index contributed by atoms with van der Waals surface area (Å²) in [7, 11) is 0. The van der Waals surface area contributed by atoms with E-state index in [1.165, 1.54) is 6.92 Å². The minimum Gasteiger partial charge on any atom is -0.355 e. The second-order valence-electron chi connectivity index (χ2n) is 4.16. The third-order valence-electron chi connectivity index (χ3n) is 2.37. The SMILES string of the molecule is CCCNC(=O)CNC(=O)CSc1nnc(C)c(=O)n1N. The molecule has 116 valence electrons. The Bertz CT molecular complexity index is 574. The van der Waals surface area contributed by atoms with Gasteiger partial charge in [-0.15, -0.1) is 10.2 Å². The maximum Gasteiger partial charge on any atom is 0.294 e. The van der Waals surface area contributed by atoms with Crippen LogP contribution in [0.25, 0.3) is 0 Å². The van der Waals surface area contributed by atoms with Gasteiger partial charge in [-0.3, -0.25) is 14.4 Å². The molecule has 1 rings (SSSR count). The van der Waals surface area contributed by atoms with E-state index in [1.807, 2.05) is 6.92 Å². The maximum atomic E-state index is 11.6. The highest BCUT2D eigenvalue weighted by Crippen LogP contribution is 2.10. The second kappa shape index (κ2) is 8.25. The van der Waals surface area contributed by atoms with Crippen molar-refractivity contribution in [2.24, 2.45) is 0 Å². The van der Waals surface area contributed by atoms with Crippen LogP contribution in [0.2, 0.25) is 0 Å². The summed E-state index contributed by atoms with van der Waals surface area (Å²) in [4.78, 5) is 34.4. The minimum atomic E-state index is -0.466. The molecule has 10 heteroatoms. The Hall–Kier alpha value is -2.10. The van der Waals surface area contributed by atoms with Crippen molar-refractivity contribution in [1.82, 2.24) is 25.5 Å². The van der Waals surface area contributed by atoms with E-state index in [9.17, 15) is 14.4 Å². The molecule has 1 heterocycles. The number of rotatable bonds is 7. The van der Waals surface area contributed by atoms with Crippen LogP contribution in [0.5, 0.6) is 0 Å². The zero-order chi connectivity index (χ0) is 15.8. The first kappa shape index (κ1) is 17.0. The summed E-state index contributed by atoms with van der Waals surface area (Å²) < 4.78 is 0.842. The van der Waals surface area contributed by atoms with Crippen molar-refractivity contribution in [1.29, 1.82) is 0 Å². The zero-order valence-electron chi connectivity index (χ0n) is 11.9. The van der Waals surface area contributed by atoms with Crippen LogP contribution in [0, 0.1) is 6.92 Å². The van der Waals surface area contributed by atoms with E-state index in [1.54, 1.807) is 0 Å². The molecule has 0 radical (unpaired) electrons. The summed E-state index contributed by atoms with van der Waals surface area (Å²) in [5.74, 6) is 4.90. The smallest absolute Gasteiger partial charge is 0.294 e. The lowest BCUT2D eigenvalue weighted by Crippen LogP contribution is -2.38. The van der Waals surface area contributed by atoms with Crippen molar-refractivity contribution in [3.8, 4) is 0 Å². The molecule has 0 spiro atoms. The highest BCUT2D eigenvalue weighted by Gasteiger charge is 2.10. The van der Waals surface area contributed by atoms with Gasteiger partial charge in [0.25, 0.3) is 5.56 Å². The van der Waals surface area contributed by atoms with Crippen LogP contribution < -0.4 is 22.0 Å². The zero-order valence-corrected chi connectivity index (χ0v) is 12.7. The topological polar surface area (TPSA) is 132 Å². The molecule has 0 aliphatic carbocycles. The van der Waals surface area contributed by atoms with Crippen LogP contribution in [-0.2, 0) is 9.59 Å². The highest BCUT2D eigenvalue weighted by molar-refractivity contribution is 7.99. The van der Waals surface area contributed by atoms with Crippen molar-refractivity contribution >= 4 is 23.6 Å². The molecule has 0 aliphatic rings. The number of carbonyl (C=O) groups excluding carboxylic acids is 2. The standard InChI is InChI=1S/C11H18N6O3S/c1-3-4-13-8(18)5-14-9(19)6-21-11-16-15-7(2)10(20)17(11)12/h3-6,12H2,1-2H3,(H,13,18)(H,14,19). The van der Waals surface area contributed by atoms with Crippen LogP contribution in [0.1, 0.15) is 19.0 Å². The van der Waals surface area contributed by atoms with Gasteiger partial charge in [0, 0.05) is 6.54 Å². The summed E-state index contributed by atoms with van der Waals surface area (Å²) in [6.07, 6.45) is 0.829. The Labute approximate surface area is 125 Å². The van der Waals surface area contributed by atoms with E-state index in [-0.39, 0.29) is 35.0 Å². The number of nitrogens with zero attached hydrogens (tertiary/aromatic N) is 3. The molecule has 2 amide bonds. The average Bonchev–Trinajstić information content (AvgIpc) is 2.47. The van der Waals surface area contributed by atoms with E-state index < -0.39 is 5.56 Å². The van der Waals surface area contributed by atoms with E-state index in [0.29, 0.717) is 6.54 Å². The van der Waals surface area contributed by atoms with Gasteiger partial charge in [-0.25, -0.2) is 0 Å². The van der Waals surface area contributed by atoms with Crippen LogP contribution in [0.15, 0.2) is 9.95 Å². The van der Waals surface area contributed by atoms with E-state index in [0.717, 1.165) is 22.9 Å². The van der Waals surface area contributed by atoms with Gasteiger partial charge in [0.05, 0.1) is 12.3 Å². The molecule has 0 saturated heterocycles. The van der Waals surface area contributed by atoms with Gasteiger partial charge in [0.15, 0.2) is 0 Å². The Morgan fingerprint density at radius 1 is 1.29 bits per heavy atom. The van der Waals surface area contributed by atoms with Gasteiger partial charge >= 0.3 is 0 Å². The fourth-order valence-corrected chi connectivity index (χ4v) is 1.94. The number of aryl methyl sites for hydroxylation is 1. The third kappa shape index (κ3) is 5.42. The van der Waals surface area contributed by atoms with Crippen molar-refractivity contribution in [3.63, 3.8) is 0 Å².